The summed E-state index contributed by atoms with van der Waals surface area (Å²) in [4.78, 5) is 12.1. The molecule has 0 radical (unpaired) electrons. The van der Waals surface area contributed by atoms with Gasteiger partial charge in [0.15, 0.2) is 0 Å². The first-order valence-electron chi connectivity index (χ1n) is 5.56. The number of aryl methyl sites for hydroxylation is 2. The van der Waals surface area contributed by atoms with Crippen LogP contribution in [0.3, 0.4) is 0 Å². The highest BCUT2D eigenvalue weighted by Gasteiger charge is 2.11. The third-order valence-corrected chi connectivity index (χ3v) is 3.17. The average molecular weight is 250 g/mol. The Kier molecular flexibility index (Phi) is 4.63. The van der Waals surface area contributed by atoms with Crippen LogP contribution in [-0.2, 0) is 4.79 Å². The summed E-state index contributed by atoms with van der Waals surface area (Å²) in [5.74, 6) is -0.134. The molecule has 92 valence electrons. The van der Waals surface area contributed by atoms with E-state index in [9.17, 15) is 4.79 Å². The summed E-state index contributed by atoms with van der Waals surface area (Å²) in [6, 6.07) is 5.84. The predicted molar refractivity (Wildman–Crippen MR) is 75.1 cm³/mol. The molecule has 3 N–H and O–H groups in total. The number of amides is 1. The van der Waals surface area contributed by atoms with Crippen molar-refractivity contribution in [2.75, 3.05) is 5.32 Å². The summed E-state index contributed by atoms with van der Waals surface area (Å²) < 4.78 is 0. The van der Waals surface area contributed by atoms with E-state index in [1.807, 2.05) is 39.0 Å². The lowest BCUT2D eigenvalue weighted by Crippen LogP contribution is -2.24. The molecule has 3 nitrogen and oxygen atoms in total. The Morgan fingerprint density at radius 2 is 2.06 bits per heavy atom. The zero-order chi connectivity index (χ0) is 13.0. The van der Waals surface area contributed by atoms with E-state index in [1.165, 1.54) is 5.56 Å². The van der Waals surface area contributed by atoms with Crippen LogP contribution in [0, 0.1) is 19.8 Å². The number of anilines is 1. The molecule has 0 heterocycles. The topological polar surface area (TPSA) is 55.1 Å². The van der Waals surface area contributed by atoms with Crippen LogP contribution in [0.1, 0.15) is 24.5 Å². The SMILES string of the molecule is Cc1ccc(NC(=O)CC(C)C(N)=S)cc1C. The fourth-order valence-electron chi connectivity index (χ4n) is 1.41. The van der Waals surface area contributed by atoms with E-state index >= 15 is 0 Å². The molecule has 1 aromatic carbocycles. The Bertz CT molecular complexity index is 443. The van der Waals surface area contributed by atoms with E-state index in [4.69, 9.17) is 18.0 Å². The quantitative estimate of drug-likeness (QED) is 0.807. The van der Waals surface area contributed by atoms with Gasteiger partial charge in [0.2, 0.25) is 5.91 Å². The Morgan fingerprint density at radius 1 is 1.41 bits per heavy atom. The standard InChI is InChI=1S/C13H18N2OS/c1-8-4-5-11(6-9(8)2)15-12(16)7-10(3)13(14)17/h4-6,10H,7H2,1-3H3,(H2,14,17)(H,15,16). The Hall–Kier alpha value is -1.42. The summed E-state index contributed by atoms with van der Waals surface area (Å²) in [6.07, 6.45) is 0.322. The van der Waals surface area contributed by atoms with Gasteiger partial charge in [-0.15, -0.1) is 0 Å². The van der Waals surface area contributed by atoms with Gasteiger partial charge in [0.25, 0.3) is 0 Å². The number of rotatable bonds is 4. The molecule has 0 fully saturated rings. The number of nitrogens with one attached hydrogen (secondary N) is 1. The second kappa shape index (κ2) is 5.77. The first kappa shape index (κ1) is 13.6. The van der Waals surface area contributed by atoms with Crippen LogP contribution in [0.25, 0.3) is 0 Å². The van der Waals surface area contributed by atoms with Crippen molar-refractivity contribution in [2.45, 2.75) is 27.2 Å². The zero-order valence-corrected chi connectivity index (χ0v) is 11.2. The number of carbonyl (C=O) groups is 1. The Labute approximate surface area is 107 Å². The summed E-state index contributed by atoms with van der Waals surface area (Å²) >= 11 is 4.84. The zero-order valence-electron chi connectivity index (χ0n) is 10.4. The monoisotopic (exact) mass is 250 g/mol. The summed E-state index contributed by atoms with van der Waals surface area (Å²) in [5, 5.41) is 2.84. The van der Waals surface area contributed by atoms with Crippen LogP contribution in [0.5, 0.6) is 0 Å². The molecule has 0 aliphatic heterocycles. The van der Waals surface area contributed by atoms with Crippen molar-refractivity contribution >= 4 is 28.8 Å². The molecule has 1 rings (SSSR count). The lowest BCUT2D eigenvalue weighted by Gasteiger charge is -2.11. The predicted octanol–water partition coefficient (Wildman–Crippen LogP) is 2.55. The summed E-state index contributed by atoms with van der Waals surface area (Å²) in [5.41, 5.74) is 8.65. The van der Waals surface area contributed by atoms with Gasteiger partial charge in [-0.25, -0.2) is 0 Å². The van der Waals surface area contributed by atoms with E-state index in [1.54, 1.807) is 0 Å². The molecule has 1 atom stereocenters. The maximum Gasteiger partial charge on any atom is 0.225 e. The van der Waals surface area contributed by atoms with Crippen LogP contribution in [0.4, 0.5) is 5.69 Å². The molecule has 17 heavy (non-hydrogen) atoms. The molecule has 0 aliphatic carbocycles. The van der Waals surface area contributed by atoms with Crippen molar-refractivity contribution in [3.63, 3.8) is 0 Å². The Morgan fingerprint density at radius 3 is 2.59 bits per heavy atom. The van der Waals surface area contributed by atoms with Gasteiger partial charge < -0.3 is 11.1 Å². The maximum absolute atomic E-state index is 11.7. The van der Waals surface area contributed by atoms with Crippen molar-refractivity contribution in [2.24, 2.45) is 11.7 Å². The van der Waals surface area contributed by atoms with Crippen LogP contribution < -0.4 is 11.1 Å². The molecule has 0 saturated heterocycles. The normalized spacial score (nSPS) is 11.9. The highest BCUT2D eigenvalue weighted by Crippen LogP contribution is 2.15. The van der Waals surface area contributed by atoms with E-state index in [-0.39, 0.29) is 11.8 Å². The third kappa shape index (κ3) is 4.15. The number of hydrogen-bond donors (Lipinski definition) is 2. The molecule has 0 spiro atoms. The van der Waals surface area contributed by atoms with Gasteiger partial charge in [-0.1, -0.05) is 25.2 Å². The second-order valence-electron chi connectivity index (χ2n) is 4.35. The number of thiocarbonyl (C=S) groups is 1. The summed E-state index contributed by atoms with van der Waals surface area (Å²) in [6.45, 7) is 5.90. The van der Waals surface area contributed by atoms with Crippen molar-refractivity contribution in [3.8, 4) is 0 Å². The van der Waals surface area contributed by atoms with Gasteiger partial charge in [-0.05, 0) is 37.1 Å². The van der Waals surface area contributed by atoms with E-state index in [0.29, 0.717) is 11.4 Å². The van der Waals surface area contributed by atoms with Gasteiger partial charge in [-0.2, -0.15) is 0 Å². The minimum absolute atomic E-state index is 0.0615. The number of benzene rings is 1. The molecule has 0 saturated carbocycles. The highest BCUT2D eigenvalue weighted by molar-refractivity contribution is 7.80. The van der Waals surface area contributed by atoms with Crippen molar-refractivity contribution in [3.05, 3.63) is 29.3 Å². The van der Waals surface area contributed by atoms with Crippen LogP contribution in [0.15, 0.2) is 18.2 Å². The lowest BCUT2D eigenvalue weighted by atomic mass is 10.1. The molecule has 1 amide bonds. The van der Waals surface area contributed by atoms with Gasteiger partial charge in [0.1, 0.15) is 0 Å². The molecular formula is C13H18N2OS. The molecule has 0 aromatic heterocycles. The molecular weight excluding hydrogens is 232 g/mol. The van der Waals surface area contributed by atoms with Crippen molar-refractivity contribution < 1.29 is 4.79 Å². The molecule has 0 bridgehead atoms. The number of hydrogen-bond acceptors (Lipinski definition) is 2. The molecule has 0 aliphatic rings. The smallest absolute Gasteiger partial charge is 0.225 e. The third-order valence-electron chi connectivity index (χ3n) is 2.77. The fraction of sp³-hybridized carbons (Fsp3) is 0.385. The van der Waals surface area contributed by atoms with Gasteiger partial charge in [0, 0.05) is 18.0 Å². The minimum Gasteiger partial charge on any atom is -0.393 e. The van der Waals surface area contributed by atoms with Crippen LogP contribution in [0.2, 0.25) is 0 Å². The number of nitrogens with two attached hydrogens (primary N) is 1. The average Bonchev–Trinajstić information content (AvgIpc) is 2.23. The van der Waals surface area contributed by atoms with E-state index in [0.717, 1.165) is 11.3 Å². The van der Waals surface area contributed by atoms with Crippen LogP contribution >= 0.6 is 12.2 Å². The first-order valence-corrected chi connectivity index (χ1v) is 5.97. The molecule has 1 aromatic rings. The summed E-state index contributed by atoms with van der Waals surface area (Å²) in [7, 11) is 0. The van der Waals surface area contributed by atoms with E-state index in [2.05, 4.69) is 5.32 Å². The molecule has 1 unspecified atom stereocenters. The Balaban J connectivity index is 2.62. The van der Waals surface area contributed by atoms with Gasteiger partial charge in [-0.3, -0.25) is 4.79 Å². The van der Waals surface area contributed by atoms with Gasteiger partial charge in [0.05, 0.1) is 4.99 Å². The highest BCUT2D eigenvalue weighted by atomic mass is 32.1. The van der Waals surface area contributed by atoms with Gasteiger partial charge >= 0.3 is 0 Å². The van der Waals surface area contributed by atoms with Crippen molar-refractivity contribution in [1.29, 1.82) is 0 Å². The second-order valence-corrected chi connectivity index (χ2v) is 4.83. The minimum atomic E-state index is -0.0726. The maximum atomic E-state index is 11.7. The van der Waals surface area contributed by atoms with Crippen molar-refractivity contribution in [1.82, 2.24) is 0 Å². The largest absolute Gasteiger partial charge is 0.393 e. The lowest BCUT2D eigenvalue weighted by molar-refractivity contribution is -0.116. The first-order chi connectivity index (χ1) is 7.90. The fourth-order valence-corrected chi connectivity index (χ4v) is 1.49. The van der Waals surface area contributed by atoms with Crippen LogP contribution in [-0.4, -0.2) is 10.9 Å². The van der Waals surface area contributed by atoms with E-state index < -0.39 is 0 Å². The molecule has 4 heteroatoms. The number of carbonyl (C=O) groups excluding carboxylic acids is 1.